The molecule has 0 unspecified atom stereocenters. The summed E-state index contributed by atoms with van der Waals surface area (Å²) in [6.45, 7) is 5.16. The zero-order chi connectivity index (χ0) is 13.1. The molecule has 0 aromatic heterocycles. The van der Waals surface area contributed by atoms with E-state index in [1.54, 1.807) is 34.9 Å². The molecule has 0 bridgehead atoms. The first-order chi connectivity index (χ1) is 7.12. The van der Waals surface area contributed by atoms with Gasteiger partial charge in [-0.05, 0) is 20.8 Å². The zero-order valence-corrected chi connectivity index (χ0v) is 10.5. The molecule has 6 heteroatoms. The van der Waals surface area contributed by atoms with Gasteiger partial charge in [-0.1, -0.05) is 0 Å². The number of carboxylic acid groups (broad SMARTS) is 1. The van der Waals surface area contributed by atoms with Gasteiger partial charge >= 0.3 is 6.09 Å². The van der Waals surface area contributed by atoms with Crippen molar-refractivity contribution in [1.29, 1.82) is 0 Å². The second-order valence-corrected chi connectivity index (χ2v) is 4.81. The summed E-state index contributed by atoms with van der Waals surface area (Å²) in [4.78, 5) is 25.4. The molecule has 0 heterocycles. The van der Waals surface area contributed by atoms with E-state index < -0.39 is 17.7 Å². The van der Waals surface area contributed by atoms with Crippen molar-refractivity contribution in [2.75, 3.05) is 20.6 Å². The van der Waals surface area contributed by atoms with Crippen molar-refractivity contribution in [2.24, 2.45) is 5.73 Å². The molecule has 0 spiro atoms. The van der Waals surface area contributed by atoms with E-state index in [-0.39, 0.29) is 12.5 Å². The summed E-state index contributed by atoms with van der Waals surface area (Å²) in [5.41, 5.74) is 4.83. The van der Waals surface area contributed by atoms with E-state index in [9.17, 15) is 9.59 Å². The van der Waals surface area contributed by atoms with E-state index in [0.717, 1.165) is 4.90 Å². The second kappa shape index (κ2) is 5.16. The molecule has 16 heavy (non-hydrogen) atoms. The van der Waals surface area contributed by atoms with Crippen molar-refractivity contribution in [3.05, 3.63) is 0 Å². The molecule has 0 aliphatic rings. The van der Waals surface area contributed by atoms with E-state index in [0.29, 0.717) is 0 Å². The lowest BCUT2D eigenvalue weighted by Gasteiger charge is -2.39. The van der Waals surface area contributed by atoms with Crippen LogP contribution in [0.2, 0.25) is 0 Å². The quantitative estimate of drug-likeness (QED) is 0.725. The van der Waals surface area contributed by atoms with Gasteiger partial charge in [0.25, 0.3) is 0 Å². The van der Waals surface area contributed by atoms with Crippen LogP contribution in [0.1, 0.15) is 20.8 Å². The van der Waals surface area contributed by atoms with Crippen LogP contribution in [0.3, 0.4) is 0 Å². The number of carbonyl (C=O) groups is 2. The smallest absolute Gasteiger partial charge is 0.408 e. The second-order valence-electron chi connectivity index (χ2n) is 4.81. The van der Waals surface area contributed by atoms with Crippen molar-refractivity contribution in [3.63, 3.8) is 0 Å². The Morgan fingerprint density at radius 1 is 1.31 bits per heavy atom. The Morgan fingerprint density at radius 3 is 1.94 bits per heavy atom. The third kappa shape index (κ3) is 3.37. The third-order valence-corrected chi connectivity index (χ3v) is 2.19. The van der Waals surface area contributed by atoms with Crippen LogP contribution in [-0.4, -0.2) is 59.1 Å². The van der Waals surface area contributed by atoms with Crippen molar-refractivity contribution in [1.82, 2.24) is 9.80 Å². The van der Waals surface area contributed by atoms with Crippen molar-refractivity contribution >= 4 is 12.0 Å². The Hall–Kier alpha value is -1.30. The Morgan fingerprint density at radius 2 is 1.75 bits per heavy atom. The van der Waals surface area contributed by atoms with Crippen molar-refractivity contribution in [2.45, 2.75) is 32.4 Å². The monoisotopic (exact) mass is 231 g/mol. The van der Waals surface area contributed by atoms with Gasteiger partial charge < -0.3 is 15.7 Å². The molecule has 0 aliphatic heterocycles. The number of hydrogen-bond donors (Lipinski definition) is 2. The summed E-state index contributed by atoms with van der Waals surface area (Å²) in [5.74, 6) is -0.306. The highest BCUT2D eigenvalue weighted by atomic mass is 16.4. The van der Waals surface area contributed by atoms with Crippen LogP contribution in [-0.2, 0) is 4.79 Å². The number of carbonyl (C=O) groups excluding carboxylic acids is 1. The van der Waals surface area contributed by atoms with Crippen molar-refractivity contribution in [3.8, 4) is 0 Å². The number of amides is 2. The number of hydrogen-bond acceptors (Lipinski definition) is 3. The first-order valence-electron chi connectivity index (χ1n) is 5.06. The average molecular weight is 231 g/mol. The minimum absolute atomic E-state index is 0.0272. The number of nitrogens with zero attached hydrogens (tertiary/aromatic N) is 2. The molecule has 0 saturated carbocycles. The Labute approximate surface area is 96.0 Å². The average Bonchev–Trinajstić information content (AvgIpc) is 2.09. The highest BCUT2D eigenvalue weighted by Gasteiger charge is 2.37. The van der Waals surface area contributed by atoms with E-state index >= 15 is 0 Å². The maximum absolute atomic E-state index is 11.8. The SMILES string of the molecule is CN(C)C(=O)[C@H](CN)N(C(=O)O)C(C)(C)C. The van der Waals surface area contributed by atoms with Crippen molar-refractivity contribution < 1.29 is 14.7 Å². The van der Waals surface area contributed by atoms with E-state index in [2.05, 4.69) is 0 Å². The molecular weight excluding hydrogens is 210 g/mol. The molecule has 0 aliphatic carbocycles. The van der Waals surface area contributed by atoms with Crippen LogP contribution < -0.4 is 5.73 Å². The van der Waals surface area contributed by atoms with E-state index in [1.807, 2.05) is 0 Å². The summed E-state index contributed by atoms with van der Waals surface area (Å²) in [6.07, 6.45) is -1.14. The molecule has 3 N–H and O–H groups in total. The van der Waals surface area contributed by atoms with Gasteiger partial charge in [-0.2, -0.15) is 0 Å². The molecule has 0 aromatic rings. The summed E-state index contributed by atoms with van der Waals surface area (Å²) in [7, 11) is 3.15. The van der Waals surface area contributed by atoms with Crippen LogP contribution in [0.5, 0.6) is 0 Å². The molecule has 0 aromatic carbocycles. The summed E-state index contributed by atoms with van der Waals surface area (Å²) in [6, 6.07) is -0.840. The standard InChI is InChI=1S/C10H21N3O3/c1-10(2,3)13(9(15)16)7(6-11)8(14)12(4)5/h7H,6,11H2,1-5H3,(H,15,16)/t7-/m0/s1. The van der Waals surface area contributed by atoms with Gasteiger partial charge in [0.05, 0.1) is 0 Å². The molecule has 1 atom stereocenters. The van der Waals surface area contributed by atoms with Gasteiger partial charge in [-0.3, -0.25) is 9.69 Å². The number of nitrogens with two attached hydrogens (primary N) is 1. The lowest BCUT2D eigenvalue weighted by Crippen LogP contribution is -2.59. The summed E-state index contributed by atoms with van der Waals surface area (Å²) >= 11 is 0. The van der Waals surface area contributed by atoms with Crippen LogP contribution in [0, 0.1) is 0 Å². The molecule has 94 valence electrons. The maximum Gasteiger partial charge on any atom is 0.408 e. The molecule has 2 amide bonds. The first kappa shape index (κ1) is 14.7. The highest BCUT2D eigenvalue weighted by Crippen LogP contribution is 2.18. The van der Waals surface area contributed by atoms with Gasteiger partial charge in [-0.15, -0.1) is 0 Å². The topological polar surface area (TPSA) is 86.9 Å². The van der Waals surface area contributed by atoms with Crippen LogP contribution >= 0.6 is 0 Å². The fourth-order valence-corrected chi connectivity index (χ4v) is 1.50. The van der Waals surface area contributed by atoms with Crippen LogP contribution in [0.25, 0.3) is 0 Å². The molecule has 0 fully saturated rings. The minimum Gasteiger partial charge on any atom is -0.465 e. The lowest BCUT2D eigenvalue weighted by atomic mass is 10.0. The molecule has 0 saturated heterocycles. The fraction of sp³-hybridized carbons (Fsp3) is 0.800. The van der Waals surface area contributed by atoms with E-state index in [4.69, 9.17) is 10.8 Å². The molecule has 6 nitrogen and oxygen atoms in total. The van der Waals surface area contributed by atoms with Gasteiger partial charge in [0.2, 0.25) is 5.91 Å². The van der Waals surface area contributed by atoms with E-state index in [1.165, 1.54) is 4.90 Å². The van der Waals surface area contributed by atoms with Crippen LogP contribution in [0.15, 0.2) is 0 Å². The first-order valence-corrected chi connectivity index (χ1v) is 5.06. The largest absolute Gasteiger partial charge is 0.465 e. The minimum atomic E-state index is -1.14. The van der Waals surface area contributed by atoms with Gasteiger partial charge in [0, 0.05) is 26.2 Å². The number of rotatable bonds is 3. The Balaban J connectivity index is 5.17. The number of likely N-dealkylation sites (N-methyl/N-ethyl adjacent to an activating group) is 1. The lowest BCUT2D eigenvalue weighted by molar-refractivity contribution is -0.135. The fourth-order valence-electron chi connectivity index (χ4n) is 1.50. The summed E-state index contributed by atoms with van der Waals surface area (Å²) < 4.78 is 0. The maximum atomic E-state index is 11.8. The van der Waals surface area contributed by atoms with Crippen LogP contribution in [0.4, 0.5) is 4.79 Å². The zero-order valence-electron chi connectivity index (χ0n) is 10.5. The summed E-state index contributed by atoms with van der Waals surface area (Å²) in [5, 5.41) is 9.14. The molecule has 0 radical (unpaired) electrons. The Kier molecular flexibility index (Phi) is 4.74. The third-order valence-electron chi connectivity index (χ3n) is 2.19. The highest BCUT2D eigenvalue weighted by molar-refractivity contribution is 5.85. The van der Waals surface area contributed by atoms with Gasteiger partial charge in [0.1, 0.15) is 6.04 Å². The molecule has 0 rings (SSSR count). The predicted molar refractivity (Wildman–Crippen MR) is 61.2 cm³/mol. The molecular formula is C10H21N3O3. The predicted octanol–water partition coefficient (Wildman–Crippen LogP) is 0.180. The van der Waals surface area contributed by atoms with Gasteiger partial charge in [-0.25, -0.2) is 4.79 Å². The van der Waals surface area contributed by atoms with Gasteiger partial charge in [0.15, 0.2) is 0 Å². The Bertz CT molecular complexity index is 271. The normalized spacial score (nSPS) is 13.1.